The van der Waals surface area contributed by atoms with Crippen molar-refractivity contribution in [2.45, 2.75) is 12.4 Å². The maximum Gasteiger partial charge on any atom is 0.416 e. The van der Waals surface area contributed by atoms with E-state index in [4.69, 9.17) is 6.57 Å². The highest BCUT2D eigenvalue weighted by Crippen LogP contribution is 2.45. The molecule has 8 aromatic carbocycles. The standard InChI is InChI=1S/C53H27F6N5/c1-62-40-11-7-10-33(23-40)35-17-18-48-44(25-35)41-12-2-4-14-46(41)63(48)50-28-43(36-21-38(52(54,55)56)27-39(22-36)53(57,58)59)51(26-37(50)30-61)64-47-15-5-3-13-42(47)45-24-34(16-19-49(45)64)32-9-6-8-31(20-32)29-60/h2-28H. The molecule has 0 saturated heterocycles. The lowest BCUT2D eigenvalue weighted by molar-refractivity contribution is -0.143. The topological polar surface area (TPSA) is 61.8 Å². The van der Waals surface area contributed by atoms with Crippen molar-refractivity contribution in [1.29, 1.82) is 10.5 Å². The molecule has 0 aliphatic rings. The molecule has 10 aromatic rings. The molecule has 0 saturated carbocycles. The second-order valence-electron chi connectivity index (χ2n) is 15.3. The van der Waals surface area contributed by atoms with Crippen LogP contribution in [0.5, 0.6) is 0 Å². The van der Waals surface area contributed by atoms with Gasteiger partial charge in [-0.05, 0) is 113 Å². The molecule has 0 bridgehead atoms. The van der Waals surface area contributed by atoms with Gasteiger partial charge in [0.1, 0.15) is 6.07 Å². The van der Waals surface area contributed by atoms with Gasteiger partial charge >= 0.3 is 12.4 Å². The molecule has 0 aliphatic carbocycles. The van der Waals surface area contributed by atoms with Crippen LogP contribution in [0.25, 0.3) is 93.2 Å². The average Bonchev–Trinajstić information content (AvgIpc) is 3.82. The summed E-state index contributed by atoms with van der Waals surface area (Å²) in [5.41, 5.74) is 3.75. The summed E-state index contributed by atoms with van der Waals surface area (Å²) >= 11 is 0. The molecule has 0 amide bonds. The fraction of sp³-hybridized carbons (Fsp3) is 0.0377. The first-order valence-electron chi connectivity index (χ1n) is 19.8. The van der Waals surface area contributed by atoms with Gasteiger partial charge in [-0.25, -0.2) is 4.85 Å². The van der Waals surface area contributed by atoms with Crippen LogP contribution >= 0.6 is 0 Å². The van der Waals surface area contributed by atoms with E-state index in [-0.39, 0.29) is 34.1 Å². The van der Waals surface area contributed by atoms with Crippen LogP contribution in [-0.4, -0.2) is 9.13 Å². The normalized spacial score (nSPS) is 11.9. The molecule has 11 heteroatoms. The number of hydrogen-bond acceptors (Lipinski definition) is 2. The van der Waals surface area contributed by atoms with Crippen LogP contribution in [0.4, 0.5) is 32.0 Å². The Kier molecular flexibility index (Phi) is 9.14. The molecular formula is C53H27F6N5. The van der Waals surface area contributed by atoms with Crippen LogP contribution in [0, 0.1) is 29.2 Å². The van der Waals surface area contributed by atoms with E-state index < -0.39 is 23.5 Å². The predicted octanol–water partition coefficient (Wildman–Crippen LogP) is 15.2. The molecule has 0 atom stereocenters. The summed E-state index contributed by atoms with van der Waals surface area (Å²) in [5, 5.41) is 23.6. The van der Waals surface area contributed by atoms with Crippen molar-refractivity contribution >= 4 is 49.3 Å². The van der Waals surface area contributed by atoms with Crippen molar-refractivity contribution in [3.63, 3.8) is 0 Å². The first-order valence-corrected chi connectivity index (χ1v) is 19.8. The zero-order valence-electron chi connectivity index (χ0n) is 33.1. The molecule has 2 aromatic heterocycles. The van der Waals surface area contributed by atoms with Gasteiger partial charge in [0.2, 0.25) is 0 Å². The zero-order valence-corrected chi connectivity index (χ0v) is 33.1. The maximum atomic E-state index is 14.6. The minimum atomic E-state index is -5.13. The Morgan fingerprint density at radius 1 is 0.438 bits per heavy atom. The van der Waals surface area contributed by atoms with Crippen molar-refractivity contribution < 1.29 is 26.3 Å². The fourth-order valence-electron chi connectivity index (χ4n) is 8.73. The summed E-state index contributed by atoms with van der Waals surface area (Å²) in [6.45, 7) is 7.51. The number of aromatic nitrogens is 2. The van der Waals surface area contributed by atoms with Gasteiger partial charge in [0, 0.05) is 27.1 Å². The van der Waals surface area contributed by atoms with Crippen molar-refractivity contribution in [2.75, 3.05) is 0 Å². The Labute approximate surface area is 360 Å². The van der Waals surface area contributed by atoms with Gasteiger partial charge in [-0.2, -0.15) is 36.9 Å². The molecule has 0 spiro atoms. The molecule has 306 valence electrons. The minimum absolute atomic E-state index is 0.0116. The van der Waals surface area contributed by atoms with E-state index in [9.17, 15) is 36.9 Å². The van der Waals surface area contributed by atoms with Crippen LogP contribution in [0.1, 0.15) is 22.3 Å². The Bertz CT molecular complexity index is 3670. The number of nitrogens with zero attached hydrogens (tertiary/aromatic N) is 5. The largest absolute Gasteiger partial charge is 0.416 e. The van der Waals surface area contributed by atoms with Gasteiger partial charge in [0.15, 0.2) is 5.69 Å². The van der Waals surface area contributed by atoms with Crippen molar-refractivity contribution in [2.24, 2.45) is 0 Å². The molecule has 0 radical (unpaired) electrons. The predicted molar refractivity (Wildman–Crippen MR) is 237 cm³/mol. The lowest BCUT2D eigenvalue weighted by atomic mass is 9.95. The summed E-state index contributed by atoms with van der Waals surface area (Å²) in [5.74, 6) is 0. The smallest absolute Gasteiger partial charge is 0.309 e. The number of hydrogen-bond donors (Lipinski definition) is 0. The Morgan fingerprint density at radius 2 is 0.953 bits per heavy atom. The quantitative estimate of drug-likeness (QED) is 0.128. The minimum Gasteiger partial charge on any atom is -0.309 e. The van der Waals surface area contributed by atoms with Crippen LogP contribution in [0.15, 0.2) is 164 Å². The lowest BCUT2D eigenvalue weighted by Crippen LogP contribution is -2.11. The fourth-order valence-corrected chi connectivity index (χ4v) is 8.73. The highest BCUT2D eigenvalue weighted by molar-refractivity contribution is 6.12. The van der Waals surface area contributed by atoms with Gasteiger partial charge in [0.05, 0.1) is 68.3 Å². The monoisotopic (exact) mass is 847 g/mol. The number of halogens is 6. The second kappa shape index (κ2) is 14.8. The summed E-state index contributed by atoms with van der Waals surface area (Å²) in [7, 11) is 0. The van der Waals surface area contributed by atoms with E-state index in [0.29, 0.717) is 45.5 Å². The van der Waals surface area contributed by atoms with Crippen LogP contribution in [0.2, 0.25) is 0 Å². The van der Waals surface area contributed by atoms with Gasteiger partial charge in [0.25, 0.3) is 0 Å². The molecule has 0 fully saturated rings. The molecule has 0 unspecified atom stereocenters. The SMILES string of the molecule is [C-]#[N+]c1cccc(-c2ccc3c(c2)c2ccccc2n3-c2cc(-c3cc(C(F)(F)F)cc(C(F)(F)F)c3)c(-n3c4ccccc4c4cc(-c5cccc(C#N)c5)ccc43)cc2C#N)c1. The van der Waals surface area contributed by atoms with Gasteiger partial charge in [-0.3, -0.25) is 0 Å². The molecule has 0 aliphatic heterocycles. The van der Waals surface area contributed by atoms with E-state index in [2.05, 4.69) is 17.0 Å². The summed E-state index contributed by atoms with van der Waals surface area (Å²) in [4.78, 5) is 3.56. The van der Waals surface area contributed by atoms with E-state index in [0.717, 1.165) is 43.8 Å². The van der Waals surface area contributed by atoms with Crippen LogP contribution in [0.3, 0.4) is 0 Å². The third kappa shape index (κ3) is 6.57. The highest BCUT2D eigenvalue weighted by Gasteiger charge is 2.37. The summed E-state index contributed by atoms with van der Waals surface area (Å²) in [6.07, 6.45) is -10.3. The van der Waals surface area contributed by atoms with E-state index in [1.807, 2.05) is 89.5 Å². The number of rotatable bonds is 5. The molecule has 10 rings (SSSR count). The third-order valence-corrected chi connectivity index (χ3v) is 11.6. The van der Waals surface area contributed by atoms with Crippen molar-refractivity contribution in [3.05, 3.63) is 197 Å². The van der Waals surface area contributed by atoms with E-state index >= 15 is 0 Å². The number of para-hydroxylation sites is 2. The van der Waals surface area contributed by atoms with Crippen LogP contribution in [-0.2, 0) is 12.4 Å². The molecule has 5 nitrogen and oxygen atoms in total. The second-order valence-corrected chi connectivity index (χ2v) is 15.3. The Balaban J connectivity index is 1.30. The molecule has 0 N–H and O–H groups in total. The number of alkyl halides is 6. The lowest BCUT2D eigenvalue weighted by Gasteiger charge is -2.20. The van der Waals surface area contributed by atoms with E-state index in [1.54, 1.807) is 53.1 Å². The maximum absolute atomic E-state index is 14.6. The summed E-state index contributed by atoms with van der Waals surface area (Å²) < 4.78 is 91.1. The first-order chi connectivity index (χ1) is 30.8. The van der Waals surface area contributed by atoms with E-state index in [1.165, 1.54) is 12.1 Å². The van der Waals surface area contributed by atoms with Gasteiger partial charge in [-0.1, -0.05) is 78.9 Å². The Hall–Kier alpha value is -8.59. The molecular weight excluding hydrogens is 821 g/mol. The van der Waals surface area contributed by atoms with Crippen molar-refractivity contribution in [1.82, 2.24) is 9.13 Å². The van der Waals surface area contributed by atoms with Crippen molar-refractivity contribution in [3.8, 4) is 56.9 Å². The molecule has 64 heavy (non-hydrogen) atoms. The van der Waals surface area contributed by atoms with Crippen LogP contribution < -0.4 is 0 Å². The van der Waals surface area contributed by atoms with Gasteiger partial charge in [-0.15, -0.1) is 0 Å². The zero-order chi connectivity index (χ0) is 44.5. The first kappa shape index (κ1) is 39.5. The average molecular weight is 848 g/mol. The summed E-state index contributed by atoms with van der Waals surface area (Å²) in [6, 6.07) is 49.3. The number of benzene rings is 8. The number of fused-ring (bicyclic) bond motifs is 6. The van der Waals surface area contributed by atoms with Gasteiger partial charge < -0.3 is 9.13 Å². The Morgan fingerprint density at radius 3 is 1.50 bits per heavy atom. The number of nitriles is 2. The highest BCUT2D eigenvalue weighted by atomic mass is 19.4. The molecule has 2 heterocycles. The third-order valence-electron chi connectivity index (χ3n) is 11.6.